The fourth-order valence-electron chi connectivity index (χ4n) is 2.40. The molecule has 1 atom stereocenters. The summed E-state index contributed by atoms with van der Waals surface area (Å²) in [5.41, 5.74) is 6.09. The smallest absolute Gasteiger partial charge is 0.407 e. The number of amides is 1. The van der Waals surface area contributed by atoms with E-state index in [0.717, 1.165) is 5.56 Å². The third kappa shape index (κ3) is 4.66. The lowest BCUT2D eigenvalue weighted by Gasteiger charge is -2.39. The molecule has 1 aromatic carbocycles. The van der Waals surface area contributed by atoms with Crippen LogP contribution < -0.4 is 5.73 Å². The fourth-order valence-corrected chi connectivity index (χ4v) is 2.40. The Morgan fingerprint density at radius 3 is 2.33 bits per heavy atom. The molecule has 4 N–H and O–H groups in total. The first-order valence-corrected chi connectivity index (χ1v) is 6.78. The zero-order chi connectivity index (χ0) is 16.0. The molecule has 0 heterocycles. The maximum atomic E-state index is 11.6. The second kappa shape index (κ2) is 6.97. The molecule has 1 amide bonds. The van der Waals surface area contributed by atoms with E-state index in [2.05, 4.69) is 5.16 Å². The lowest BCUT2D eigenvalue weighted by atomic mass is 9.81. The van der Waals surface area contributed by atoms with Crippen LogP contribution in [0.1, 0.15) is 38.8 Å². The van der Waals surface area contributed by atoms with Crippen LogP contribution >= 0.6 is 0 Å². The summed E-state index contributed by atoms with van der Waals surface area (Å²) in [7, 11) is 0. The van der Waals surface area contributed by atoms with Crippen molar-refractivity contribution in [3.63, 3.8) is 0 Å². The fraction of sp³-hybridized carbons (Fsp3) is 0.467. The summed E-state index contributed by atoms with van der Waals surface area (Å²) < 4.78 is 0. The van der Waals surface area contributed by atoms with Crippen LogP contribution in [0.3, 0.4) is 0 Å². The highest BCUT2D eigenvalue weighted by Crippen LogP contribution is 2.38. The molecule has 0 bridgehead atoms. The van der Waals surface area contributed by atoms with E-state index in [0.29, 0.717) is 0 Å². The standard InChI is InChI=1S/C15H23N3O3/c1-15(2,3)13(11-7-5-4-6-8-11)18(14(19)20)10-9-12(16)17-21/h4-8,13,21H,9-10H2,1-3H3,(H2,16,17)(H,19,20). The molecule has 1 rings (SSSR count). The van der Waals surface area contributed by atoms with Gasteiger partial charge in [0.1, 0.15) is 5.84 Å². The summed E-state index contributed by atoms with van der Waals surface area (Å²) >= 11 is 0. The number of carbonyl (C=O) groups is 1. The van der Waals surface area contributed by atoms with Gasteiger partial charge in [-0.2, -0.15) is 0 Å². The van der Waals surface area contributed by atoms with Crippen molar-refractivity contribution in [3.8, 4) is 0 Å². The van der Waals surface area contributed by atoms with Gasteiger partial charge in [-0.1, -0.05) is 56.3 Å². The van der Waals surface area contributed by atoms with Crippen molar-refractivity contribution in [3.05, 3.63) is 35.9 Å². The van der Waals surface area contributed by atoms with Crippen LogP contribution in [0, 0.1) is 5.41 Å². The van der Waals surface area contributed by atoms with E-state index in [1.807, 2.05) is 51.1 Å². The maximum Gasteiger partial charge on any atom is 0.407 e. The molecule has 0 aromatic heterocycles. The first-order chi connectivity index (χ1) is 9.77. The number of rotatable bonds is 5. The molecular weight excluding hydrogens is 270 g/mol. The summed E-state index contributed by atoms with van der Waals surface area (Å²) in [5, 5.41) is 21.0. The lowest BCUT2D eigenvalue weighted by molar-refractivity contribution is 0.0833. The number of hydrogen-bond donors (Lipinski definition) is 3. The molecule has 0 aliphatic carbocycles. The number of oxime groups is 1. The first kappa shape index (κ1) is 16.8. The topological polar surface area (TPSA) is 99.1 Å². The van der Waals surface area contributed by atoms with Crippen molar-refractivity contribution in [1.29, 1.82) is 0 Å². The van der Waals surface area contributed by atoms with Gasteiger partial charge in [0, 0.05) is 13.0 Å². The Kier molecular flexibility index (Phi) is 5.58. The van der Waals surface area contributed by atoms with Gasteiger partial charge in [-0.3, -0.25) is 0 Å². The minimum Gasteiger partial charge on any atom is -0.465 e. The SMILES string of the molecule is CC(C)(C)C(c1ccccc1)N(CCC(N)=NO)C(=O)O. The Bertz CT molecular complexity index is 495. The molecular formula is C15H23N3O3. The number of nitrogens with two attached hydrogens (primary N) is 1. The van der Waals surface area contributed by atoms with Crippen molar-refractivity contribution in [2.24, 2.45) is 16.3 Å². The molecule has 1 unspecified atom stereocenters. The average Bonchev–Trinajstić information content (AvgIpc) is 2.42. The van der Waals surface area contributed by atoms with Crippen molar-refractivity contribution >= 4 is 11.9 Å². The number of carboxylic acid groups (broad SMARTS) is 1. The van der Waals surface area contributed by atoms with Gasteiger partial charge in [-0.25, -0.2) is 4.79 Å². The highest BCUT2D eigenvalue weighted by atomic mass is 16.4. The third-order valence-corrected chi connectivity index (χ3v) is 3.23. The van der Waals surface area contributed by atoms with Crippen LogP contribution in [0.2, 0.25) is 0 Å². The van der Waals surface area contributed by atoms with Gasteiger partial charge in [0.25, 0.3) is 0 Å². The average molecular weight is 293 g/mol. The monoisotopic (exact) mass is 293 g/mol. The van der Waals surface area contributed by atoms with Gasteiger partial charge in [0.15, 0.2) is 0 Å². The number of benzene rings is 1. The minimum absolute atomic E-state index is 0.0157. The Balaban J connectivity index is 3.11. The van der Waals surface area contributed by atoms with Crippen molar-refractivity contribution in [1.82, 2.24) is 4.90 Å². The van der Waals surface area contributed by atoms with Crippen molar-refractivity contribution in [2.75, 3.05) is 6.54 Å². The van der Waals surface area contributed by atoms with E-state index in [1.54, 1.807) is 0 Å². The van der Waals surface area contributed by atoms with Gasteiger partial charge in [-0.05, 0) is 11.0 Å². The van der Waals surface area contributed by atoms with Crippen LogP contribution in [0.4, 0.5) is 4.79 Å². The number of nitrogens with zero attached hydrogens (tertiary/aromatic N) is 2. The van der Waals surface area contributed by atoms with Crippen LogP contribution in [0.15, 0.2) is 35.5 Å². The van der Waals surface area contributed by atoms with Gasteiger partial charge >= 0.3 is 6.09 Å². The summed E-state index contributed by atoms with van der Waals surface area (Å²) in [5.74, 6) is 0.0157. The first-order valence-electron chi connectivity index (χ1n) is 6.78. The van der Waals surface area contributed by atoms with Gasteiger partial charge in [0.05, 0.1) is 6.04 Å². The van der Waals surface area contributed by atoms with Crippen LogP contribution in [0.25, 0.3) is 0 Å². The Morgan fingerprint density at radius 1 is 1.33 bits per heavy atom. The largest absolute Gasteiger partial charge is 0.465 e. The number of amidine groups is 1. The van der Waals surface area contributed by atoms with Gasteiger partial charge in [0.2, 0.25) is 0 Å². The summed E-state index contributed by atoms with van der Waals surface area (Å²) in [6.07, 6.45) is -0.841. The quantitative estimate of drug-likeness (QED) is 0.336. The van der Waals surface area contributed by atoms with Crippen LogP contribution in [0.5, 0.6) is 0 Å². The molecule has 116 valence electrons. The van der Waals surface area contributed by atoms with Crippen LogP contribution in [-0.2, 0) is 0 Å². The zero-order valence-electron chi connectivity index (χ0n) is 12.7. The normalized spacial score (nSPS) is 13.8. The van der Waals surface area contributed by atoms with E-state index in [-0.39, 0.29) is 30.3 Å². The maximum absolute atomic E-state index is 11.6. The van der Waals surface area contributed by atoms with E-state index < -0.39 is 6.09 Å². The molecule has 1 aromatic rings. The van der Waals surface area contributed by atoms with Crippen molar-refractivity contribution < 1.29 is 15.1 Å². The zero-order valence-corrected chi connectivity index (χ0v) is 12.7. The second-order valence-corrected chi connectivity index (χ2v) is 6.00. The summed E-state index contributed by atoms with van der Waals surface area (Å²) in [6.45, 7) is 6.14. The van der Waals surface area contributed by atoms with E-state index in [1.165, 1.54) is 4.90 Å². The highest BCUT2D eigenvalue weighted by Gasteiger charge is 2.34. The molecule has 0 fully saturated rings. The molecule has 6 heteroatoms. The van der Waals surface area contributed by atoms with Gasteiger partial charge < -0.3 is 20.9 Å². The molecule has 0 saturated heterocycles. The van der Waals surface area contributed by atoms with E-state index in [4.69, 9.17) is 10.9 Å². The van der Waals surface area contributed by atoms with E-state index in [9.17, 15) is 9.90 Å². The molecule has 0 saturated carbocycles. The third-order valence-electron chi connectivity index (χ3n) is 3.23. The molecule has 0 spiro atoms. The summed E-state index contributed by atoms with van der Waals surface area (Å²) in [6, 6.07) is 9.17. The van der Waals surface area contributed by atoms with E-state index >= 15 is 0 Å². The Hall–Kier alpha value is -2.24. The van der Waals surface area contributed by atoms with Gasteiger partial charge in [-0.15, -0.1) is 0 Å². The second-order valence-electron chi connectivity index (χ2n) is 6.00. The van der Waals surface area contributed by atoms with Crippen molar-refractivity contribution in [2.45, 2.75) is 33.2 Å². The predicted octanol–water partition coefficient (Wildman–Crippen LogP) is 2.89. The predicted molar refractivity (Wildman–Crippen MR) is 81.4 cm³/mol. The van der Waals surface area contributed by atoms with Crippen LogP contribution in [-0.4, -0.2) is 33.7 Å². The molecule has 0 radical (unpaired) electrons. The highest BCUT2D eigenvalue weighted by molar-refractivity contribution is 5.80. The Morgan fingerprint density at radius 2 is 1.90 bits per heavy atom. The molecule has 21 heavy (non-hydrogen) atoms. The molecule has 0 aliphatic heterocycles. The molecule has 0 aliphatic rings. The minimum atomic E-state index is -1.02. The molecule has 6 nitrogen and oxygen atoms in total. The Labute approximate surface area is 124 Å². The summed E-state index contributed by atoms with van der Waals surface area (Å²) in [4.78, 5) is 13.0. The number of hydrogen-bond acceptors (Lipinski definition) is 3. The lowest BCUT2D eigenvalue weighted by Crippen LogP contribution is -2.42.